The lowest BCUT2D eigenvalue weighted by atomic mass is 9.81. The fourth-order valence-electron chi connectivity index (χ4n) is 3.36. The number of hydrogen-bond donors (Lipinski definition) is 2. The summed E-state index contributed by atoms with van der Waals surface area (Å²) in [4.78, 5) is 36.7. The van der Waals surface area contributed by atoms with E-state index < -0.39 is 22.8 Å². The Hall–Kier alpha value is -2.96. The summed E-state index contributed by atoms with van der Waals surface area (Å²) >= 11 is 0. The maximum atomic E-state index is 12.7. The molecule has 7 heteroatoms. The number of nitrogens with one attached hydrogen (secondary N) is 1. The zero-order valence-corrected chi connectivity index (χ0v) is 14.6. The summed E-state index contributed by atoms with van der Waals surface area (Å²) in [6, 6.07) is 10.5. The fourth-order valence-corrected chi connectivity index (χ4v) is 3.36. The van der Waals surface area contributed by atoms with Gasteiger partial charge in [-0.15, -0.1) is 0 Å². The molecule has 1 saturated carbocycles. The minimum atomic E-state index is -1.33. The second kappa shape index (κ2) is 7.11. The highest BCUT2D eigenvalue weighted by molar-refractivity contribution is 5.96. The average Bonchev–Trinajstić information content (AvgIpc) is 2.63. The first-order chi connectivity index (χ1) is 12.4. The third-order valence-electron chi connectivity index (χ3n) is 4.79. The molecule has 1 aromatic carbocycles. The van der Waals surface area contributed by atoms with Gasteiger partial charge >= 0.3 is 5.97 Å². The Labute approximate surface area is 150 Å². The van der Waals surface area contributed by atoms with E-state index in [1.807, 2.05) is 30.3 Å². The summed E-state index contributed by atoms with van der Waals surface area (Å²) in [6.45, 7) is 1.73. The van der Waals surface area contributed by atoms with Crippen molar-refractivity contribution >= 4 is 11.9 Å². The molecule has 2 N–H and O–H groups in total. The molecule has 1 aliphatic carbocycles. The maximum Gasteiger partial charge on any atom is 0.329 e. The van der Waals surface area contributed by atoms with Crippen LogP contribution in [0.5, 0.6) is 0 Å². The normalized spacial score (nSPS) is 16.0. The smallest absolute Gasteiger partial charge is 0.329 e. The third-order valence-corrected chi connectivity index (χ3v) is 4.79. The molecule has 2 aromatic rings. The molecule has 26 heavy (non-hydrogen) atoms. The quantitative estimate of drug-likeness (QED) is 0.874. The van der Waals surface area contributed by atoms with Crippen LogP contribution in [0.2, 0.25) is 0 Å². The first-order valence-corrected chi connectivity index (χ1v) is 8.65. The molecule has 1 heterocycles. The van der Waals surface area contributed by atoms with Crippen molar-refractivity contribution < 1.29 is 14.7 Å². The largest absolute Gasteiger partial charge is 0.480 e. The van der Waals surface area contributed by atoms with E-state index in [1.165, 1.54) is 10.7 Å². The number of rotatable bonds is 4. The molecule has 1 aliphatic rings. The number of para-hydroxylation sites is 1. The van der Waals surface area contributed by atoms with Crippen LogP contribution in [-0.2, 0) is 4.79 Å². The van der Waals surface area contributed by atoms with Gasteiger partial charge in [0.15, 0.2) is 5.69 Å². The van der Waals surface area contributed by atoms with Gasteiger partial charge in [0.2, 0.25) is 5.43 Å². The number of carbonyl (C=O) groups is 2. The summed E-state index contributed by atoms with van der Waals surface area (Å²) in [5.74, 6) is -1.81. The lowest BCUT2D eigenvalue weighted by Crippen LogP contribution is -2.56. The van der Waals surface area contributed by atoms with Crippen molar-refractivity contribution in [2.45, 2.75) is 44.6 Å². The van der Waals surface area contributed by atoms with Crippen molar-refractivity contribution in [2.24, 2.45) is 0 Å². The minimum Gasteiger partial charge on any atom is -0.480 e. The molecular formula is C19H21N3O4. The topological polar surface area (TPSA) is 101 Å². The number of carbonyl (C=O) groups excluding carboxylic acids is 1. The standard InChI is InChI=1S/C19H21N3O4/c1-13-12-15(23)16(21-22(13)14-8-4-2-5-9-14)17(24)20-19(18(25)26)10-6-3-7-11-19/h2,4-5,8-9,12H,3,6-7,10-11H2,1H3,(H,20,24)(H,25,26). The Bertz CT molecular complexity index is 883. The molecule has 7 nitrogen and oxygen atoms in total. The van der Waals surface area contributed by atoms with E-state index in [4.69, 9.17) is 0 Å². The van der Waals surface area contributed by atoms with Crippen LogP contribution in [0.15, 0.2) is 41.2 Å². The van der Waals surface area contributed by atoms with Gasteiger partial charge in [0.1, 0.15) is 5.54 Å². The van der Waals surface area contributed by atoms with Crippen LogP contribution in [0.25, 0.3) is 5.69 Å². The first kappa shape index (κ1) is 17.8. The van der Waals surface area contributed by atoms with Crippen molar-refractivity contribution in [3.8, 4) is 5.69 Å². The number of carboxylic acids is 1. The van der Waals surface area contributed by atoms with Crippen LogP contribution in [0, 0.1) is 6.92 Å². The van der Waals surface area contributed by atoms with Crippen molar-refractivity contribution in [3.63, 3.8) is 0 Å². The van der Waals surface area contributed by atoms with E-state index >= 15 is 0 Å². The first-order valence-electron chi connectivity index (χ1n) is 8.65. The van der Waals surface area contributed by atoms with Crippen LogP contribution in [-0.4, -0.2) is 32.3 Å². The maximum absolute atomic E-state index is 12.7. The van der Waals surface area contributed by atoms with E-state index in [1.54, 1.807) is 6.92 Å². The van der Waals surface area contributed by atoms with Gasteiger partial charge in [-0.1, -0.05) is 37.5 Å². The molecule has 1 aromatic heterocycles. The van der Waals surface area contributed by atoms with E-state index in [-0.39, 0.29) is 5.69 Å². The summed E-state index contributed by atoms with van der Waals surface area (Å²) in [5.41, 5.74) is -0.853. The number of aryl methyl sites for hydroxylation is 1. The Balaban J connectivity index is 1.97. The van der Waals surface area contributed by atoms with Crippen molar-refractivity contribution in [1.29, 1.82) is 0 Å². The number of nitrogens with zero attached hydrogens (tertiary/aromatic N) is 2. The summed E-state index contributed by atoms with van der Waals surface area (Å²) in [5, 5.41) is 16.4. The van der Waals surface area contributed by atoms with Crippen LogP contribution in [0.4, 0.5) is 0 Å². The molecule has 0 aliphatic heterocycles. The van der Waals surface area contributed by atoms with Crippen molar-refractivity contribution in [2.75, 3.05) is 0 Å². The van der Waals surface area contributed by atoms with Crippen LogP contribution in [0.1, 0.15) is 48.3 Å². The molecule has 1 fully saturated rings. The van der Waals surface area contributed by atoms with Gasteiger partial charge < -0.3 is 10.4 Å². The van der Waals surface area contributed by atoms with Gasteiger partial charge in [-0.05, 0) is 31.9 Å². The Kier molecular flexibility index (Phi) is 4.88. The predicted molar refractivity (Wildman–Crippen MR) is 95.5 cm³/mol. The lowest BCUT2D eigenvalue weighted by Gasteiger charge is -2.33. The molecule has 0 radical (unpaired) electrons. The third kappa shape index (κ3) is 3.37. The molecule has 0 bridgehead atoms. The number of aliphatic carboxylic acids is 1. The molecule has 0 saturated heterocycles. The van der Waals surface area contributed by atoms with Crippen LogP contribution >= 0.6 is 0 Å². The van der Waals surface area contributed by atoms with Gasteiger partial charge in [-0.2, -0.15) is 5.10 Å². The van der Waals surface area contributed by atoms with E-state index in [0.29, 0.717) is 24.2 Å². The summed E-state index contributed by atoms with van der Waals surface area (Å²) in [6.07, 6.45) is 3.10. The monoisotopic (exact) mass is 355 g/mol. The van der Waals surface area contributed by atoms with Gasteiger partial charge in [0.05, 0.1) is 5.69 Å². The zero-order chi connectivity index (χ0) is 18.7. The number of carboxylic acid groups (broad SMARTS) is 1. The number of benzene rings is 1. The van der Waals surface area contributed by atoms with Gasteiger partial charge in [0.25, 0.3) is 5.91 Å². The van der Waals surface area contributed by atoms with E-state index in [0.717, 1.165) is 19.3 Å². The lowest BCUT2D eigenvalue weighted by molar-refractivity contribution is -0.145. The molecular weight excluding hydrogens is 334 g/mol. The number of aromatic nitrogens is 2. The highest BCUT2D eigenvalue weighted by Crippen LogP contribution is 2.28. The van der Waals surface area contributed by atoms with Crippen molar-refractivity contribution in [3.05, 3.63) is 58.0 Å². The van der Waals surface area contributed by atoms with E-state index in [9.17, 15) is 19.5 Å². The Morgan fingerprint density at radius 3 is 2.42 bits per heavy atom. The van der Waals surface area contributed by atoms with Crippen molar-refractivity contribution in [1.82, 2.24) is 15.1 Å². The summed E-state index contributed by atoms with van der Waals surface area (Å²) in [7, 11) is 0. The molecule has 0 atom stereocenters. The molecule has 3 rings (SSSR count). The predicted octanol–water partition coefficient (Wildman–Crippen LogP) is 2.06. The SMILES string of the molecule is Cc1cc(=O)c(C(=O)NC2(C(=O)O)CCCCC2)nn1-c1ccccc1. The fraction of sp³-hybridized carbons (Fsp3) is 0.368. The highest BCUT2D eigenvalue weighted by atomic mass is 16.4. The second-order valence-corrected chi connectivity index (χ2v) is 6.65. The molecule has 136 valence electrons. The van der Waals surface area contributed by atoms with Crippen LogP contribution < -0.4 is 10.7 Å². The average molecular weight is 355 g/mol. The number of amides is 1. The summed E-state index contributed by atoms with van der Waals surface area (Å²) < 4.78 is 1.50. The van der Waals surface area contributed by atoms with Gasteiger partial charge in [-0.25, -0.2) is 9.48 Å². The zero-order valence-electron chi connectivity index (χ0n) is 14.6. The highest BCUT2D eigenvalue weighted by Gasteiger charge is 2.41. The van der Waals surface area contributed by atoms with Gasteiger partial charge in [0, 0.05) is 11.8 Å². The number of hydrogen-bond acceptors (Lipinski definition) is 4. The molecule has 0 unspecified atom stereocenters. The van der Waals surface area contributed by atoms with E-state index in [2.05, 4.69) is 10.4 Å². The van der Waals surface area contributed by atoms with Crippen LogP contribution in [0.3, 0.4) is 0 Å². The molecule has 0 spiro atoms. The molecule has 1 amide bonds. The Morgan fingerprint density at radius 1 is 1.15 bits per heavy atom. The second-order valence-electron chi connectivity index (χ2n) is 6.65. The minimum absolute atomic E-state index is 0.300. The Morgan fingerprint density at radius 2 is 1.81 bits per heavy atom. The van der Waals surface area contributed by atoms with Gasteiger partial charge in [-0.3, -0.25) is 9.59 Å².